The summed E-state index contributed by atoms with van der Waals surface area (Å²) in [5.74, 6) is -0.696. The van der Waals surface area contributed by atoms with E-state index >= 15 is 0 Å². The minimum Gasteiger partial charge on any atom is -0.495 e. The van der Waals surface area contributed by atoms with Crippen LogP contribution < -0.4 is 10.5 Å². The fraction of sp³-hybridized carbons (Fsp3) is 0.455. The van der Waals surface area contributed by atoms with Crippen LogP contribution in [0, 0.1) is 0 Å². The van der Waals surface area contributed by atoms with Gasteiger partial charge in [-0.2, -0.15) is 0 Å². The molecule has 0 unspecified atom stereocenters. The lowest BCUT2D eigenvalue weighted by atomic mass is 10.1. The van der Waals surface area contributed by atoms with Gasteiger partial charge in [-0.05, 0) is 6.92 Å². The number of carbonyl (C=O) groups excluding carboxylic acids is 1. The van der Waals surface area contributed by atoms with Crippen LogP contribution in [0.1, 0.15) is 35.0 Å². The van der Waals surface area contributed by atoms with Gasteiger partial charge in [-0.25, -0.2) is 13.6 Å². The zero-order valence-corrected chi connectivity index (χ0v) is 10.1. The Kier molecular flexibility index (Phi) is 4.96. The Bertz CT molecular complexity index is 439. The SMILES string of the molecule is CCOC(=O)c1cnc(C(F)F)c(CN)c1OC. The molecule has 0 saturated carbocycles. The predicted molar refractivity (Wildman–Crippen MR) is 59.6 cm³/mol. The van der Waals surface area contributed by atoms with E-state index in [1.54, 1.807) is 6.92 Å². The zero-order chi connectivity index (χ0) is 13.7. The lowest BCUT2D eigenvalue weighted by Gasteiger charge is -2.14. The van der Waals surface area contributed by atoms with Gasteiger partial charge in [0.05, 0.1) is 13.7 Å². The highest BCUT2D eigenvalue weighted by atomic mass is 19.3. The van der Waals surface area contributed by atoms with Crippen molar-refractivity contribution in [3.05, 3.63) is 23.0 Å². The van der Waals surface area contributed by atoms with E-state index in [1.807, 2.05) is 0 Å². The molecule has 0 aliphatic carbocycles. The van der Waals surface area contributed by atoms with Gasteiger partial charge in [0, 0.05) is 18.3 Å². The average molecular weight is 260 g/mol. The number of esters is 1. The summed E-state index contributed by atoms with van der Waals surface area (Å²) in [4.78, 5) is 15.2. The number of hydrogen-bond acceptors (Lipinski definition) is 5. The number of nitrogens with two attached hydrogens (primary N) is 1. The van der Waals surface area contributed by atoms with Gasteiger partial charge in [-0.1, -0.05) is 0 Å². The van der Waals surface area contributed by atoms with Gasteiger partial charge in [0.25, 0.3) is 6.43 Å². The number of hydrogen-bond donors (Lipinski definition) is 1. The normalized spacial score (nSPS) is 10.6. The van der Waals surface area contributed by atoms with Gasteiger partial charge < -0.3 is 15.2 Å². The van der Waals surface area contributed by atoms with Crippen molar-refractivity contribution in [2.75, 3.05) is 13.7 Å². The van der Waals surface area contributed by atoms with Crippen molar-refractivity contribution in [2.24, 2.45) is 5.73 Å². The third-order valence-electron chi connectivity index (χ3n) is 2.27. The molecule has 2 N–H and O–H groups in total. The van der Waals surface area contributed by atoms with E-state index in [0.717, 1.165) is 6.20 Å². The van der Waals surface area contributed by atoms with Crippen LogP contribution in [0.15, 0.2) is 6.20 Å². The fourth-order valence-electron chi connectivity index (χ4n) is 1.52. The molecule has 0 aromatic carbocycles. The summed E-state index contributed by atoms with van der Waals surface area (Å²) in [5.41, 5.74) is 4.92. The molecule has 0 atom stereocenters. The maximum absolute atomic E-state index is 12.7. The summed E-state index contributed by atoms with van der Waals surface area (Å²) < 4.78 is 35.2. The van der Waals surface area contributed by atoms with Crippen molar-refractivity contribution < 1.29 is 23.0 Å². The number of nitrogens with zero attached hydrogens (tertiary/aromatic N) is 1. The minimum atomic E-state index is -2.78. The molecule has 18 heavy (non-hydrogen) atoms. The number of alkyl halides is 2. The quantitative estimate of drug-likeness (QED) is 0.815. The summed E-state index contributed by atoms with van der Waals surface area (Å²) in [5, 5.41) is 0. The van der Waals surface area contributed by atoms with Crippen LogP contribution in [0.2, 0.25) is 0 Å². The second-order valence-corrected chi connectivity index (χ2v) is 3.29. The molecular formula is C11H14F2N2O3. The van der Waals surface area contributed by atoms with Gasteiger partial charge in [0.2, 0.25) is 0 Å². The average Bonchev–Trinajstić information content (AvgIpc) is 2.36. The molecule has 0 aliphatic rings. The molecule has 1 aromatic rings. The highest BCUT2D eigenvalue weighted by molar-refractivity contribution is 5.92. The number of methoxy groups -OCH3 is 1. The number of aromatic nitrogens is 1. The second-order valence-electron chi connectivity index (χ2n) is 3.29. The van der Waals surface area contributed by atoms with E-state index in [9.17, 15) is 13.6 Å². The van der Waals surface area contributed by atoms with E-state index in [1.165, 1.54) is 7.11 Å². The van der Waals surface area contributed by atoms with Gasteiger partial charge >= 0.3 is 5.97 Å². The van der Waals surface area contributed by atoms with E-state index in [2.05, 4.69) is 4.98 Å². The number of halogens is 2. The lowest BCUT2D eigenvalue weighted by molar-refractivity contribution is 0.0521. The van der Waals surface area contributed by atoms with Crippen LogP contribution in [0.25, 0.3) is 0 Å². The van der Waals surface area contributed by atoms with Crippen LogP contribution in [-0.2, 0) is 11.3 Å². The molecule has 0 fully saturated rings. The van der Waals surface area contributed by atoms with Gasteiger partial charge in [0.1, 0.15) is 17.0 Å². The Morgan fingerprint density at radius 2 is 2.22 bits per heavy atom. The molecule has 1 rings (SSSR count). The number of ether oxygens (including phenoxy) is 2. The third-order valence-corrected chi connectivity index (χ3v) is 2.27. The van der Waals surface area contributed by atoms with Crippen LogP contribution >= 0.6 is 0 Å². The smallest absolute Gasteiger partial charge is 0.343 e. The Hall–Kier alpha value is -1.76. The van der Waals surface area contributed by atoms with Gasteiger partial charge in [0.15, 0.2) is 0 Å². The zero-order valence-electron chi connectivity index (χ0n) is 10.1. The largest absolute Gasteiger partial charge is 0.495 e. The molecule has 1 aromatic heterocycles. The summed E-state index contributed by atoms with van der Waals surface area (Å²) in [6.45, 7) is 1.59. The summed E-state index contributed by atoms with van der Waals surface area (Å²) in [7, 11) is 1.27. The molecule has 0 aliphatic heterocycles. The monoisotopic (exact) mass is 260 g/mol. The van der Waals surface area contributed by atoms with E-state index in [4.69, 9.17) is 15.2 Å². The minimum absolute atomic E-state index is 0.01000. The van der Waals surface area contributed by atoms with Crippen molar-refractivity contribution in [3.63, 3.8) is 0 Å². The van der Waals surface area contributed by atoms with Crippen LogP contribution in [0.5, 0.6) is 5.75 Å². The fourth-order valence-corrected chi connectivity index (χ4v) is 1.52. The maximum atomic E-state index is 12.7. The number of carbonyl (C=O) groups is 1. The van der Waals surface area contributed by atoms with Crippen molar-refractivity contribution in [1.29, 1.82) is 0 Å². The molecule has 100 valence electrons. The van der Waals surface area contributed by atoms with Crippen LogP contribution in [-0.4, -0.2) is 24.7 Å². The number of pyridine rings is 1. The molecule has 0 radical (unpaired) electrons. The Morgan fingerprint density at radius 1 is 1.56 bits per heavy atom. The van der Waals surface area contributed by atoms with Crippen molar-refractivity contribution in [1.82, 2.24) is 4.98 Å². The van der Waals surface area contributed by atoms with Gasteiger partial charge in [-0.3, -0.25) is 4.98 Å². The van der Waals surface area contributed by atoms with Crippen LogP contribution in [0.4, 0.5) is 8.78 Å². The number of rotatable bonds is 5. The highest BCUT2D eigenvalue weighted by Gasteiger charge is 2.24. The Morgan fingerprint density at radius 3 is 2.67 bits per heavy atom. The summed E-state index contributed by atoms with van der Waals surface area (Å²) >= 11 is 0. The first-order valence-corrected chi connectivity index (χ1v) is 5.27. The molecular weight excluding hydrogens is 246 g/mol. The van der Waals surface area contributed by atoms with E-state index in [0.29, 0.717) is 0 Å². The molecule has 5 nitrogen and oxygen atoms in total. The van der Waals surface area contributed by atoms with Gasteiger partial charge in [-0.15, -0.1) is 0 Å². The Balaban J connectivity index is 3.34. The predicted octanol–water partition coefficient (Wildman–Crippen LogP) is 1.66. The first-order valence-electron chi connectivity index (χ1n) is 5.27. The first kappa shape index (κ1) is 14.3. The first-order chi connectivity index (χ1) is 8.56. The second kappa shape index (κ2) is 6.25. The Labute approximate surface area is 103 Å². The molecule has 0 bridgehead atoms. The maximum Gasteiger partial charge on any atom is 0.343 e. The molecule has 0 saturated heterocycles. The summed E-state index contributed by atoms with van der Waals surface area (Å²) in [6.07, 6.45) is -1.77. The van der Waals surface area contributed by atoms with Crippen LogP contribution in [0.3, 0.4) is 0 Å². The standard InChI is InChI=1S/C11H14F2N2O3/c1-3-18-11(16)7-5-15-8(10(12)13)6(4-14)9(7)17-2/h5,10H,3-4,14H2,1-2H3. The molecule has 0 amide bonds. The van der Waals surface area contributed by atoms with E-state index in [-0.39, 0.29) is 30.0 Å². The highest BCUT2D eigenvalue weighted by Crippen LogP contribution is 2.31. The molecule has 0 spiro atoms. The molecule has 7 heteroatoms. The van der Waals surface area contributed by atoms with Crippen molar-refractivity contribution >= 4 is 5.97 Å². The van der Waals surface area contributed by atoms with Crippen molar-refractivity contribution in [2.45, 2.75) is 19.9 Å². The lowest BCUT2D eigenvalue weighted by Crippen LogP contribution is -2.13. The topological polar surface area (TPSA) is 74.4 Å². The third kappa shape index (κ3) is 2.73. The van der Waals surface area contributed by atoms with E-state index < -0.39 is 18.1 Å². The molecule has 1 heterocycles. The summed E-state index contributed by atoms with van der Waals surface area (Å²) in [6, 6.07) is 0. The van der Waals surface area contributed by atoms with Crippen molar-refractivity contribution in [3.8, 4) is 5.75 Å².